The van der Waals surface area contributed by atoms with E-state index in [1.807, 2.05) is 19.9 Å². The van der Waals surface area contributed by atoms with Crippen molar-refractivity contribution < 1.29 is 4.79 Å². The Morgan fingerprint density at radius 3 is 2.50 bits per heavy atom. The van der Waals surface area contributed by atoms with Crippen LogP contribution in [0.1, 0.15) is 48.8 Å². The third-order valence-electron chi connectivity index (χ3n) is 3.00. The molecule has 0 saturated heterocycles. The van der Waals surface area contributed by atoms with Crippen LogP contribution in [0.15, 0.2) is 6.07 Å². The van der Waals surface area contributed by atoms with Gasteiger partial charge in [-0.3, -0.25) is 4.79 Å². The molecule has 1 heterocycles. The van der Waals surface area contributed by atoms with E-state index < -0.39 is 5.91 Å². The van der Waals surface area contributed by atoms with Crippen molar-refractivity contribution in [2.75, 3.05) is 11.9 Å². The van der Waals surface area contributed by atoms with Gasteiger partial charge in [-0.15, -0.1) is 0 Å². The summed E-state index contributed by atoms with van der Waals surface area (Å²) in [4.78, 5) is 15.9. The minimum absolute atomic E-state index is 0.00153. The minimum Gasteiger partial charge on any atom is -0.368 e. The second-order valence-electron chi connectivity index (χ2n) is 6.57. The number of pyridine rings is 1. The SMILES string of the molecule is Cc1cc(C)c(C(N)=O)c(NCC(N)CC(C)(C)C)n1. The molecule has 20 heavy (non-hydrogen) atoms. The van der Waals surface area contributed by atoms with E-state index in [1.165, 1.54) is 0 Å². The highest BCUT2D eigenvalue weighted by molar-refractivity contribution is 5.99. The van der Waals surface area contributed by atoms with Crippen LogP contribution in [0.4, 0.5) is 5.82 Å². The molecule has 1 aromatic rings. The summed E-state index contributed by atoms with van der Waals surface area (Å²) in [6.07, 6.45) is 0.886. The average Bonchev–Trinajstić information content (AvgIpc) is 2.22. The molecule has 5 heteroatoms. The zero-order valence-corrected chi connectivity index (χ0v) is 13.1. The molecular formula is C15H26N4O. The number of nitrogens with zero attached hydrogens (tertiary/aromatic N) is 1. The van der Waals surface area contributed by atoms with E-state index in [9.17, 15) is 4.79 Å². The molecule has 1 rings (SSSR count). The molecule has 0 aliphatic heterocycles. The summed E-state index contributed by atoms with van der Waals surface area (Å²) in [7, 11) is 0. The first-order valence-electron chi connectivity index (χ1n) is 6.87. The number of nitrogens with one attached hydrogen (secondary N) is 1. The molecule has 0 aromatic carbocycles. The number of carbonyl (C=O) groups is 1. The highest BCUT2D eigenvalue weighted by Crippen LogP contribution is 2.21. The lowest BCUT2D eigenvalue weighted by molar-refractivity contribution is 0.1000. The van der Waals surface area contributed by atoms with Crippen molar-refractivity contribution >= 4 is 11.7 Å². The number of nitrogens with two attached hydrogens (primary N) is 2. The van der Waals surface area contributed by atoms with Crippen molar-refractivity contribution in [1.29, 1.82) is 0 Å². The summed E-state index contributed by atoms with van der Waals surface area (Å²) in [5.41, 5.74) is 13.8. The summed E-state index contributed by atoms with van der Waals surface area (Å²) in [5, 5.41) is 3.16. The van der Waals surface area contributed by atoms with Gasteiger partial charge in [0.2, 0.25) is 0 Å². The number of hydrogen-bond acceptors (Lipinski definition) is 4. The van der Waals surface area contributed by atoms with Crippen LogP contribution in [0.5, 0.6) is 0 Å². The largest absolute Gasteiger partial charge is 0.368 e. The van der Waals surface area contributed by atoms with E-state index in [1.54, 1.807) is 0 Å². The molecule has 1 atom stereocenters. The van der Waals surface area contributed by atoms with Gasteiger partial charge in [0.25, 0.3) is 5.91 Å². The van der Waals surface area contributed by atoms with E-state index in [0.29, 0.717) is 17.9 Å². The van der Waals surface area contributed by atoms with Crippen molar-refractivity contribution in [3.05, 3.63) is 22.9 Å². The first-order chi connectivity index (χ1) is 9.10. The van der Waals surface area contributed by atoms with Gasteiger partial charge in [-0.05, 0) is 37.3 Å². The summed E-state index contributed by atoms with van der Waals surface area (Å²) in [6.45, 7) is 10.8. The number of primary amides is 1. The standard InChI is InChI=1S/C15H26N4O/c1-9-6-10(2)19-14(12(9)13(17)20)18-8-11(16)7-15(3,4)5/h6,11H,7-8,16H2,1-5H3,(H2,17,20)(H,18,19). The Balaban J connectivity index is 2.85. The minimum atomic E-state index is -0.470. The van der Waals surface area contributed by atoms with Crippen molar-refractivity contribution in [2.45, 2.75) is 47.1 Å². The number of hydrogen-bond donors (Lipinski definition) is 3. The van der Waals surface area contributed by atoms with E-state index in [0.717, 1.165) is 17.7 Å². The zero-order valence-electron chi connectivity index (χ0n) is 13.1. The number of rotatable bonds is 5. The van der Waals surface area contributed by atoms with Crippen LogP contribution in [-0.2, 0) is 0 Å². The van der Waals surface area contributed by atoms with Gasteiger partial charge in [-0.2, -0.15) is 0 Å². The molecule has 5 nitrogen and oxygen atoms in total. The highest BCUT2D eigenvalue weighted by atomic mass is 16.1. The van der Waals surface area contributed by atoms with E-state index >= 15 is 0 Å². The number of anilines is 1. The molecule has 0 spiro atoms. The Morgan fingerprint density at radius 1 is 1.40 bits per heavy atom. The quantitative estimate of drug-likeness (QED) is 0.767. The van der Waals surface area contributed by atoms with Gasteiger partial charge in [-0.25, -0.2) is 4.98 Å². The van der Waals surface area contributed by atoms with Crippen LogP contribution in [-0.4, -0.2) is 23.5 Å². The molecule has 1 unspecified atom stereocenters. The molecule has 0 radical (unpaired) electrons. The predicted octanol–water partition coefficient (Wildman–Crippen LogP) is 1.97. The molecular weight excluding hydrogens is 252 g/mol. The second kappa shape index (κ2) is 6.22. The first-order valence-corrected chi connectivity index (χ1v) is 6.87. The van der Waals surface area contributed by atoms with Gasteiger partial charge in [0.1, 0.15) is 5.82 Å². The molecule has 0 saturated carbocycles. The van der Waals surface area contributed by atoms with Crippen LogP contribution in [0.25, 0.3) is 0 Å². The first kappa shape index (κ1) is 16.4. The number of aryl methyl sites for hydroxylation is 2. The van der Waals surface area contributed by atoms with Crippen molar-refractivity contribution in [1.82, 2.24) is 4.98 Å². The van der Waals surface area contributed by atoms with Crippen LogP contribution in [0.2, 0.25) is 0 Å². The molecule has 112 valence electrons. The van der Waals surface area contributed by atoms with Crippen LogP contribution >= 0.6 is 0 Å². The maximum absolute atomic E-state index is 11.5. The zero-order chi connectivity index (χ0) is 15.5. The smallest absolute Gasteiger partial charge is 0.252 e. The van der Waals surface area contributed by atoms with E-state index in [2.05, 4.69) is 31.1 Å². The average molecular weight is 278 g/mol. The number of amides is 1. The maximum Gasteiger partial charge on any atom is 0.252 e. The summed E-state index contributed by atoms with van der Waals surface area (Å²) in [5.74, 6) is 0.0567. The Hall–Kier alpha value is -1.62. The summed E-state index contributed by atoms with van der Waals surface area (Å²) < 4.78 is 0. The normalized spacial score (nSPS) is 13.1. The lowest BCUT2D eigenvalue weighted by Crippen LogP contribution is -2.34. The Morgan fingerprint density at radius 2 is 2.00 bits per heavy atom. The lowest BCUT2D eigenvalue weighted by atomic mass is 9.88. The molecule has 5 N–H and O–H groups in total. The Kier molecular flexibility index (Phi) is 5.11. The Labute approximate surface area is 121 Å². The number of aromatic nitrogens is 1. The maximum atomic E-state index is 11.5. The second-order valence-corrected chi connectivity index (χ2v) is 6.57. The lowest BCUT2D eigenvalue weighted by Gasteiger charge is -2.24. The van der Waals surface area contributed by atoms with Crippen molar-refractivity contribution in [3.63, 3.8) is 0 Å². The van der Waals surface area contributed by atoms with Gasteiger partial charge in [0.15, 0.2) is 0 Å². The van der Waals surface area contributed by atoms with Gasteiger partial charge in [0, 0.05) is 18.3 Å². The third-order valence-corrected chi connectivity index (χ3v) is 3.00. The third kappa shape index (κ3) is 4.81. The van der Waals surface area contributed by atoms with E-state index in [-0.39, 0.29) is 11.5 Å². The number of carbonyl (C=O) groups excluding carboxylic acids is 1. The van der Waals surface area contributed by atoms with Gasteiger partial charge < -0.3 is 16.8 Å². The molecule has 0 fully saturated rings. The molecule has 0 bridgehead atoms. The fourth-order valence-corrected chi connectivity index (χ4v) is 2.36. The monoisotopic (exact) mass is 278 g/mol. The van der Waals surface area contributed by atoms with Crippen molar-refractivity contribution in [3.8, 4) is 0 Å². The van der Waals surface area contributed by atoms with Gasteiger partial charge in [0.05, 0.1) is 5.56 Å². The fourth-order valence-electron chi connectivity index (χ4n) is 2.36. The van der Waals surface area contributed by atoms with Crippen LogP contribution < -0.4 is 16.8 Å². The Bertz CT molecular complexity index is 491. The molecule has 1 aromatic heterocycles. The fraction of sp³-hybridized carbons (Fsp3) is 0.600. The van der Waals surface area contributed by atoms with Gasteiger partial charge >= 0.3 is 0 Å². The molecule has 0 aliphatic rings. The molecule has 0 aliphatic carbocycles. The predicted molar refractivity (Wildman–Crippen MR) is 82.8 cm³/mol. The highest BCUT2D eigenvalue weighted by Gasteiger charge is 2.18. The molecule has 1 amide bonds. The van der Waals surface area contributed by atoms with E-state index in [4.69, 9.17) is 11.5 Å². The topological polar surface area (TPSA) is 94.0 Å². The van der Waals surface area contributed by atoms with Crippen molar-refractivity contribution in [2.24, 2.45) is 16.9 Å². The summed E-state index contributed by atoms with van der Waals surface area (Å²) >= 11 is 0. The van der Waals surface area contributed by atoms with Gasteiger partial charge in [-0.1, -0.05) is 20.8 Å². The van der Waals surface area contributed by atoms with Crippen LogP contribution in [0.3, 0.4) is 0 Å². The van der Waals surface area contributed by atoms with Crippen LogP contribution in [0, 0.1) is 19.3 Å². The summed E-state index contributed by atoms with van der Waals surface area (Å²) in [6, 6.07) is 1.85.